The fourth-order valence-corrected chi connectivity index (χ4v) is 0.831. The van der Waals surface area contributed by atoms with E-state index < -0.39 is 0 Å². The van der Waals surface area contributed by atoms with Crippen LogP contribution in [0.4, 0.5) is 0 Å². The summed E-state index contributed by atoms with van der Waals surface area (Å²) in [6.07, 6.45) is 5.44. The molecule has 0 aromatic carbocycles. The predicted molar refractivity (Wildman–Crippen MR) is 44.8 cm³/mol. The molecule has 1 rings (SSSR count). The Morgan fingerprint density at radius 3 is 3.09 bits per heavy atom. The molecular weight excluding hydrogens is 164 g/mol. The quantitative estimate of drug-likeness (QED) is 0.692. The first-order chi connectivity index (χ1) is 5.33. The van der Waals surface area contributed by atoms with Gasteiger partial charge in [-0.1, -0.05) is 11.6 Å². The third-order valence-electron chi connectivity index (χ3n) is 1.32. The third-order valence-corrected chi connectivity index (χ3v) is 1.55. The highest BCUT2D eigenvalue weighted by atomic mass is 35.5. The summed E-state index contributed by atoms with van der Waals surface area (Å²) in [5, 5.41) is 2.61. The number of nitrogens with one attached hydrogen (secondary N) is 1. The van der Waals surface area contributed by atoms with E-state index in [1.165, 1.54) is 0 Å². The molecule has 0 saturated carbocycles. The molecule has 0 bridgehead atoms. The molecule has 62 valence electrons. The minimum atomic E-state index is 0.697. The molecule has 0 atom stereocenters. The van der Waals surface area contributed by atoms with Crippen molar-refractivity contribution >= 4 is 11.6 Å². The number of methoxy groups -OCH3 is 1. The van der Waals surface area contributed by atoms with Crippen LogP contribution in [0.1, 0.15) is 0 Å². The number of halogens is 1. The zero-order valence-electron chi connectivity index (χ0n) is 6.38. The van der Waals surface area contributed by atoms with Gasteiger partial charge in [-0.25, -0.2) is 0 Å². The summed E-state index contributed by atoms with van der Waals surface area (Å²) in [7, 11) is 1.68. The Labute approximate surface area is 71.2 Å². The van der Waals surface area contributed by atoms with Crippen molar-refractivity contribution in [3.8, 4) is 0 Å². The molecule has 0 saturated heterocycles. The van der Waals surface area contributed by atoms with E-state index in [9.17, 15) is 0 Å². The molecule has 0 aliphatic carbocycles. The van der Waals surface area contributed by atoms with Gasteiger partial charge in [0, 0.05) is 19.5 Å². The fraction of sp³-hybridized carbons (Fsp3) is 0.429. The first-order valence-corrected chi connectivity index (χ1v) is 3.76. The predicted octanol–water partition coefficient (Wildman–Crippen LogP) is 1.05. The van der Waals surface area contributed by atoms with Crippen LogP contribution in [0.15, 0.2) is 23.5 Å². The molecule has 0 aromatic heterocycles. The molecule has 1 aliphatic rings. The maximum atomic E-state index is 5.67. The van der Waals surface area contributed by atoms with E-state index in [-0.39, 0.29) is 0 Å². The molecule has 1 N–H and O–H groups in total. The molecule has 1 aliphatic heterocycles. The Morgan fingerprint density at radius 1 is 1.73 bits per heavy atom. The van der Waals surface area contributed by atoms with Crippen molar-refractivity contribution in [3.05, 3.63) is 23.5 Å². The van der Waals surface area contributed by atoms with Crippen LogP contribution in [0.2, 0.25) is 0 Å². The third kappa shape index (κ3) is 2.82. The fourth-order valence-electron chi connectivity index (χ4n) is 0.726. The minimum Gasteiger partial charge on any atom is -0.383 e. The van der Waals surface area contributed by atoms with Gasteiger partial charge in [0.2, 0.25) is 0 Å². The monoisotopic (exact) mass is 174 g/mol. The van der Waals surface area contributed by atoms with Gasteiger partial charge in [-0.05, 0) is 6.08 Å². The van der Waals surface area contributed by atoms with Crippen LogP contribution in [0.5, 0.6) is 0 Å². The number of nitrogens with zero attached hydrogens (tertiary/aromatic N) is 1. The second-order valence-corrected chi connectivity index (χ2v) is 2.60. The van der Waals surface area contributed by atoms with Crippen LogP contribution in [0.3, 0.4) is 0 Å². The first kappa shape index (κ1) is 8.43. The Kier molecular flexibility index (Phi) is 3.26. The number of allylic oxidation sites excluding steroid dienone is 2. The number of ether oxygens (including phenoxy) is 1. The van der Waals surface area contributed by atoms with Crippen LogP contribution in [-0.2, 0) is 4.74 Å². The zero-order valence-corrected chi connectivity index (χ0v) is 7.14. The van der Waals surface area contributed by atoms with Crippen LogP contribution < -0.4 is 5.43 Å². The van der Waals surface area contributed by atoms with E-state index in [2.05, 4.69) is 5.43 Å². The summed E-state index contributed by atoms with van der Waals surface area (Å²) < 4.78 is 4.90. The Hall–Kier alpha value is -0.670. The largest absolute Gasteiger partial charge is 0.383 e. The lowest BCUT2D eigenvalue weighted by molar-refractivity contribution is 0.156. The van der Waals surface area contributed by atoms with E-state index in [4.69, 9.17) is 16.3 Å². The van der Waals surface area contributed by atoms with Gasteiger partial charge in [-0.2, -0.15) is 0 Å². The Bertz CT molecular complexity index is 179. The van der Waals surface area contributed by atoms with Gasteiger partial charge in [-0.15, -0.1) is 0 Å². The topological polar surface area (TPSA) is 24.5 Å². The average molecular weight is 175 g/mol. The van der Waals surface area contributed by atoms with Crippen molar-refractivity contribution in [2.24, 2.45) is 0 Å². The Morgan fingerprint density at radius 2 is 2.55 bits per heavy atom. The number of hydrogen-bond acceptors (Lipinski definition) is 3. The molecular formula is C7H11ClN2O. The van der Waals surface area contributed by atoms with Crippen LogP contribution in [0.25, 0.3) is 0 Å². The van der Waals surface area contributed by atoms with Crippen molar-refractivity contribution < 1.29 is 4.74 Å². The molecule has 0 spiro atoms. The Balaban J connectivity index is 2.25. The van der Waals surface area contributed by atoms with Gasteiger partial charge in [-0.3, -0.25) is 5.01 Å². The summed E-state index contributed by atoms with van der Waals surface area (Å²) >= 11 is 5.67. The molecule has 0 unspecified atom stereocenters. The standard InChI is InChI=1S/C7H11ClN2O/c1-11-5-4-10-3-2-7(8)6-9-10/h2-3,6,9H,4-5H2,1H3. The number of hydrazine groups is 1. The van der Waals surface area contributed by atoms with Gasteiger partial charge in [0.15, 0.2) is 0 Å². The summed E-state index contributed by atoms with van der Waals surface area (Å²) in [6.45, 7) is 1.51. The summed E-state index contributed by atoms with van der Waals surface area (Å²) in [5.41, 5.74) is 2.98. The van der Waals surface area contributed by atoms with E-state index in [1.54, 1.807) is 13.3 Å². The molecule has 4 heteroatoms. The van der Waals surface area contributed by atoms with Gasteiger partial charge in [0.25, 0.3) is 0 Å². The lowest BCUT2D eigenvalue weighted by Crippen LogP contribution is -2.33. The van der Waals surface area contributed by atoms with Gasteiger partial charge < -0.3 is 10.2 Å². The second-order valence-electron chi connectivity index (χ2n) is 2.16. The van der Waals surface area contributed by atoms with Crippen molar-refractivity contribution in [3.63, 3.8) is 0 Å². The normalized spacial score (nSPS) is 16.2. The van der Waals surface area contributed by atoms with Gasteiger partial charge in [0.1, 0.15) is 0 Å². The SMILES string of the molecule is COCCN1C=CC(Cl)=CN1. The molecule has 0 fully saturated rings. The number of hydrogen-bond donors (Lipinski definition) is 1. The average Bonchev–Trinajstić information content (AvgIpc) is 2.04. The zero-order chi connectivity index (χ0) is 8.10. The van der Waals surface area contributed by atoms with Crippen molar-refractivity contribution in [1.82, 2.24) is 10.4 Å². The van der Waals surface area contributed by atoms with E-state index in [1.807, 2.05) is 17.3 Å². The van der Waals surface area contributed by atoms with E-state index in [0.29, 0.717) is 11.6 Å². The molecule has 3 nitrogen and oxygen atoms in total. The highest BCUT2D eigenvalue weighted by Gasteiger charge is 1.99. The lowest BCUT2D eigenvalue weighted by atomic mass is 10.5. The second kappa shape index (κ2) is 4.26. The maximum absolute atomic E-state index is 5.67. The van der Waals surface area contributed by atoms with Gasteiger partial charge >= 0.3 is 0 Å². The summed E-state index contributed by atoms with van der Waals surface area (Å²) in [5.74, 6) is 0. The molecule has 1 heterocycles. The molecule has 0 radical (unpaired) electrons. The minimum absolute atomic E-state index is 0.697. The lowest BCUT2D eigenvalue weighted by Gasteiger charge is -2.22. The van der Waals surface area contributed by atoms with Gasteiger partial charge in [0.05, 0.1) is 18.2 Å². The highest BCUT2D eigenvalue weighted by molar-refractivity contribution is 6.31. The summed E-state index contributed by atoms with van der Waals surface area (Å²) in [4.78, 5) is 0. The molecule has 0 aromatic rings. The molecule has 11 heavy (non-hydrogen) atoms. The summed E-state index contributed by atoms with van der Waals surface area (Å²) in [6, 6.07) is 0. The van der Waals surface area contributed by atoms with E-state index in [0.717, 1.165) is 6.54 Å². The van der Waals surface area contributed by atoms with Crippen LogP contribution >= 0.6 is 11.6 Å². The van der Waals surface area contributed by atoms with Crippen molar-refractivity contribution in [1.29, 1.82) is 0 Å². The smallest absolute Gasteiger partial charge is 0.0658 e. The highest BCUT2D eigenvalue weighted by Crippen LogP contribution is 2.06. The first-order valence-electron chi connectivity index (χ1n) is 3.38. The van der Waals surface area contributed by atoms with E-state index >= 15 is 0 Å². The van der Waals surface area contributed by atoms with Crippen molar-refractivity contribution in [2.45, 2.75) is 0 Å². The van der Waals surface area contributed by atoms with Crippen LogP contribution in [-0.4, -0.2) is 25.3 Å². The molecule has 0 amide bonds. The number of rotatable bonds is 3. The van der Waals surface area contributed by atoms with Crippen molar-refractivity contribution in [2.75, 3.05) is 20.3 Å². The van der Waals surface area contributed by atoms with Crippen LogP contribution in [0, 0.1) is 0 Å². The maximum Gasteiger partial charge on any atom is 0.0658 e.